The highest BCUT2D eigenvalue weighted by atomic mass is 35.5. The van der Waals surface area contributed by atoms with Crippen molar-refractivity contribution in [2.24, 2.45) is 7.05 Å². The molecule has 0 bridgehead atoms. The molecule has 84 valence electrons. The predicted molar refractivity (Wildman–Crippen MR) is 60.9 cm³/mol. The van der Waals surface area contributed by atoms with Gasteiger partial charge in [-0.15, -0.1) is 0 Å². The third-order valence-electron chi connectivity index (χ3n) is 2.52. The SMILES string of the molecule is Cn1cccc1C(O)c1ccc(F)c(Cl)c1. The fraction of sp³-hybridized carbons (Fsp3) is 0.167. The first-order valence-corrected chi connectivity index (χ1v) is 5.21. The molecule has 1 aromatic carbocycles. The number of aryl methyl sites for hydroxylation is 1. The number of aliphatic hydroxyl groups is 1. The Labute approximate surface area is 97.9 Å². The molecule has 4 heteroatoms. The van der Waals surface area contributed by atoms with Crippen molar-refractivity contribution >= 4 is 11.6 Å². The van der Waals surface area contributed by atoms with Gasteiger partial charge >= 0.3 is 0 Å². The van der Waals surface area contributed by atoms with Crippen LogP contribution in [-0.2, 0) is 7.05 Å². The summed E-state index contributed by atoms with van der Waals surface area (Å²) in [6.45, 7) is 0. The van der Waals surface area contributed by atoms with Crippen LogP contribution in [0.3, 0.4) is 0 Å². The largest absolute Gasteiger partial charge is 0.382 e. The van der Waals surface area contributed by atoms with E-state index in [0.29, 0.717) is 5.56 Å². The zero-order valence-electron chi connectivity index (χ0n) is 8.69. The Bertz CT molecular complexity index is 509. The van der Waals surface area contributed by atoms with Gasteiger partial charge in [0.2, 0.25) is 0 Å². The zero-order valence-corrected chi connectivity index (χ0v) is 9.45. The quantitative estimate of drug-likeness (QED) is 0.857. The van der Waals surface area contributed by atoms with Crippen molar-refractivity contribution in [1.82, 2.24) is 4.57 Å². The van der Waals surface area contributed by atoms with Crippen molar-refractivity contribution in [3.05, 3.63) is 58.6 Å². The van der Waals surface area contributed by atoms with Gasteiger partial charge in [0, 0.05) is 13.2 Å². The summed E-state index contributed by atoms with van der Waals surface area (Å²) < 4.78 is 14.8. The van der Waals surface area contributed by atoms with Gasteiger partial charge in [-0.25, -0.2) is 4.39 Å². The summed E-state index contributed by atoms with van der Waals surface area (Å²) >= 11 is 5.67. The van der Waals surface area contributed by atoms with E-state index < -0.39 is 11.9 Å². The Morgan fingerprint density at radius 1 is 1.38 bits per heavy atom. The Hall–Kier alpha value is -1.32. The molecule has 1 unspecified atom stereocenters. The third kappa shape index (κ3) is 1.96. The molecule has 0 aliphatic heterocycles. The lowest BCUT2D eigenvalue weighted by molar-refractivity contribution is 0.211. The van der Waals surface area contributed by atoms with Crippen molar-refractivity contribution in [3.63, 3.8) is 0 Å². The summed E-state index contributed by atoms with van der Waals surface area (Å²) in [5.74, 6) is -0.482. The molecule has 0 aliphatic carbocycles. The number of benzene rings is 1. The molecule has 16 heavy (non-hydrogen) atoms. The van der Waals surface area contributed by atoms with Gasteiger partial charge in [0.1, 0.15) is 11.9 Å². The number of aromatic nitrogens is 1. The summed E-state index contributed by atoms with van der Waals surface area (Å²) in [6, 6.07) is 7.86. The number of hydrogen-bond donors (Lipinski definition) is 1. The molecular formula is C12H11ClFNO. The number of nitrogens with zero attached hydrogens (tertiary/aromatic N) is 1. The Morgan fingerprint density at radius 3 is 2.69 bits per heavy atom. The van der Waals surface area contributed by atoms with Crippen molar-refractivity contribution in [2.45, 2.75) is 6.10 Å². The number of hydrogen-bond acceptors (Lipinski definition) is 1. The highest BCUT2D eigenvalue weighted by molar-refractivity contribution is 6.30. The molecule has 1 heterocycles. The Kier molecular flexibility index (Phi) is 2.99. The number of rotatable bonds is 2. The molecule has 2 nitrogen and oxygen atoms in total. The fourth-order valence-electron chi connectivity index (χ4n) is 1.61. The van der Waals surface area contributed by atoms with Gasteiger partial charge in [-0.05, 0) is 29.8 Å². The molecule has 1 N–H and O–H groups in total. The van der Waals surface area contributed by atoms with E-state index in [1.807, 2.05) is 29.9 Å². The number of halogens is 2. The first-order valence-electron chi connectivity index (χ1n) is 4.84. The molecule has 0 aliphatic rings. The zero-order chi connectivity index (χ0) is 11.7. The first kappa shape index (κ1) is 11.2. The molecule has 0 saturated heterocycles. The van der Waals surface area contributed by atoms with E-state index >= 15 is 0 Å². The van der Waals surface area contributed by atoms with Crippen LogP contribution >= 0.6 is 11.6 Å². The van der Waals surface area contributed by atoms with E-state index in [1.54, 1.807) is 0 Å². The van der Waals surface area contributed by atoms with Crippen LogP contribution in [-0.4, -0.2) is 9.67 Å². The molecule has 0 fully saturated rings. The van der Waals surface area contributed by atoms with Gasteiger partial charge in [-0.2, -0.15) is 0 Å². The summed E-state index contributed by atoms with van der Waals surface area (Å²) in [5, 5.41) is 10.1. The highest BCUT2D eigenvalue weighted by Gasteiger charge is 2.14. The van der Waals surface area contributed by atoms with E-state index in [2.05, 4.69) is 0 Å². The van der Waals surface area contributed by atoms with Crippen LogP contribution in [0.15, 0.2) is 36.5 Å². The van der Waals surface area contributed by atoms with Crippen LogP contribution in [0.1, 0.15) is 17.4 Å². The number of aliphatic hydroxyl groups excluding tert-OH is 1. The van der Waals surface area contributed by atoms with Crippen LogP contribution in [0.2, 0.25) is 5.02 Å². The second-order valence-corrected chi connectivity index (χ2v) is 4.03. The maximum absolute atomic E-state index is 13.0. The van der Waals surface area contributed by atoms with E-state index in [-0.39, 0.29) is 5.02 Å². The molecule has 0 saturated carbocycles. The molecular weight excluding hydrogens is 229 g/mol. The minimum Gasteiger partial charge on any atom is -0.382 e. The minimum absolute atomic E-state index is 0.0192. The van der Waals surface area contributed by atoms with E-state index in [0.717, 1.165) is 5.69 Å². The van der Waals surface area contributed by atoms with Gasteiger partial charge < -0.3 is 9.67 Å². The van der Waals surface area contributed by atoms with Gasteiger partial charge in [0.05, 0.1) is 10.7 Å². The molecule has 0 amide bonds. The lowest BCUT2D eigenvalue weighted by Crippen LogP contribution is -2.05. The molecule has 0 radical (unpaired) electrons. The second-order valence-electron chi connectivity index (χ2n) is 3.62. The summed E-state index contributed by atoms with van der Waals surface area (Å²) in [5.41, 5.74) is 1.32. The average Bonchev–Trinajstić information content (AvgIpc) is 2.67. The van der Waals surface area contributed by atoms with E-state index in [4.69, 9.17) is 11.6 Å². The Morgan fingerprint density at radius 2 is 2.12 bits per heavy atom. The van der Waals surface area contributed by atoms with Gasteiger partial charge in [-0.1, -0.05) is 17.7 Å². The van der Waals surface area contributed by atoms with Crippen molar-refractivity contribution in [1.29, 1.82) is 0 Å². The average molecular weight is 240 g/mol. The van der Waals surface area contributed by atoms with Crippen LogP contribution in [0.25, 0.3) is 0 Å². The maximum Gasteiger partial charge on any atom is 0.141 e. The molecule has 0 spiro atoms. The van der Waals surface area contributed by atoms with Gasteiger partial charge in [0.15, 0.2) is 0 Å². The summed E-state index contributed by atoms with van der Waals surface area (Å²) in [7, 11) is 1.84. The topological polar surface area (TPSA) is 25.2 Å². The Balaban J connectivity index is 2.38. The smallest absolute Gasteiger partial charge is 0.141 e. The predicted octanol–water partition coefficient (Wildman–Crippen LogP) is 2.90. The second kappa shape index (κ2) is 4.28. The molecule has 1 atom stereocenters. The minimum atomic E-state index is -0.793. The van der Waals surface area contributed by atoms with E-state index in [1.165, 1.54) is 18.2 Å². The van der Waals surface area contributed by atoms with Crippen LogP contribution in [0.4, 0.5) is 4.39 Å². The molecule has 2 aromatic rings. The summed E-state index contributed by atoms with van der Waals surface area (Å²) in [4.78, 5) is 0. The lowest BCUT2D eigenvalue weighted by atomic mass is 10.1. The monoisotopic (exact) mass is 239 g/mol. The maximum atomic E-state index is 13.0. The van der Waals surface area contributed by atoms with Gasteiger partial charge in [-0.3, -0.25) is 0 Å². The summed E-state index contributed by atoms with van der Waals surface area (Å²) in [6.07, 6.45) is 1.04. The first-order chi connectivity index (χ1) is 7.59. The van der Waals surface area contributed by atoms with Crippen LogP contribution in [0.5, 0.6) is 0 Å². The third-order valence-corrected chi connectivity index (χ3v) is 2.81. The van der Waals surface area contributed by atoms with Crippen molar-refractivity contribution in [2.75, 3.05) is 0 Å². The van der Waals surface area contributed by atoms with Crippen LogP contribution < -0.4 is 0 Å². The highest BCUT2D eigenvalue weighted by Crippen LogP contribution is 2.25. The van der Waals surface area contributed by atoms with Crippen LogP contribution in [0, 0.1) is 5.82 Å². The van der Waals surface area contributed by atoms with E-state index in [9.17, 15) is 9.50 Å². The normalized spacial score (nSPS) is 12.8. The van der Waals surface area contributed by atoms with Gasteiger partial charge in [0.25, 0.3) is 0 Å². The van der Waals surface area contributed by atoms with Crippen molar-refractivity contribution < 1.29 is 9.50 Å². The molecule has 2 rings (SSSR count). The molecule has 1 aromatic heterocycles. The van der Waals surface area contributed by atoms with Crippen molar-refractivity contribution in [3.8, 4) is 0 Å². The lowest BCUT2D eigenvalue weighted by Gasteiger charge is -2.12. The fourth-order valence-corrected chi connectivity index (χ4v) is 1.80. The standard InChI is InChI=1S/C12H11ClFNO/c1-15-6-2-3-11(15)12(16)8-4-5-10(14)9(13)7-8/h2-7,12,16H,1H3.